The molecule has 134 valence electrons. The van der Waals surface area contributed by atoms with Gasteiger partial charge in [0.05, 0.1) is 5.69 Å². The quantitative estimate of drug-likeness (QED) is 0.389. The number of primary amides is 1. The normalized spacial score (nSPS) is 9.76. The van der Waals surface area contributed by atoms with Crippen molar-refractivity contribution in [2.75, 3.05) is 17.2 Å². The Hall–Kier alpha value is -3.02. The van der Waals surface area contributed by atoms with E-state index in [0.717, 1.165) is 33.6 Å². The first-order valence-electron chi connectivity index (χ1n) is 7.93. The van der Waals surface area contributed by atoms with Gasteiger partial charge in [-0.2, -0.15) is 0 Å². The number of nitrogen functional groups attached to an aromatic ring is 1. The molecule has 2 aromatic carbocycles. The molecule has 6 heteroatoms. The van der Waals surface area contributed by atoms with Crippen LogP contribution in [0, 0.1) is 33.1 Å². The Morgan fingerprint density at radius 1 is 0.920 bits per heavy atom. The van der Waals surface area contributed by atoms with Gasteiger partial charge in [-0.3, -0.25) is 10.2 Å². The molecule has 0 aromatic heterocycles. The molecule has 0 heterocycles. The molecule has 0 saturated heterocycles. The number of anilines is 2. The third-order valence-electron chi connectivity index (χ3n) is 3.86. The van der Waals surface area contributed by atoms with Crippen molar-refractivity contribution in [3.8, 4) is 0 Å². The van der Waals surface area contributed by atoms with Crippen LogP contribution in [0.2, 0.25) is 0 Å². The van der Waals surface area contributed by atoms with E-state index in [0.29, 0.717) is 0 Å². The number of carbonyl (C=O) groups is 1. The molecule has 0 unspecified atom stereocenters. The molecule has 0 fully saturated rings. The topological polar surface area (TPSA) is 122 Å². The van der Waals surface area contributed by atoms with Crippen LogP contribution in [0.4, 0.5) is 11.4 Å². The summed E-state index contributed by atoms with van der Waals surface area (Å²) < 4.78 is 0. The average molecular weight is 341 g/mol. The molecule has 0 atom stereocenters. The van der Waals surface area contributed by atoms with E-state index in [2.05, 4.69) is 0 Å². The number of carbonyl (C=O) groups excluding carboxylic acids is 1. The highest BCUT2D eigenvalue weighted by atomic mass is 16.1. The van der Waals surface area contributed by atoms with Crippen LogP contribution in [0.1, 0.15) is 22.3 Å². The Morgan fingerprint density at radius 2 is 1.32 bits per heavy atom. The highest BCUT2D eigenvalue weighted by Crippen LogP contribution is 2.23. The minimum atomic E-state index is -0.516. The predicted octanol–water partition coefficient (Wildman–Crippen LogP) is 2.37. The van der Waals surface area contributed by atoms with Gasteiger partial charge in [0.15, 0.2) is 5.96 Å². The van der Waals surface area contributed by atoms with E-state index in [1.807, 2.05) is 64.1 Å². The molecule has 0 radical (unpaired) electrons. The largest absolute Gasteiger partial charge is 0.398 e. The van der Waals surface area contributed by atoms with Crippen LogP contribution in [-0.2, 0) is 4.79 Å². The smallest absolute Gasteiger partial charge is 0.237 e. The van der Waals surface area contributed by atoms with Crippen LogP contribution >= 0.6 is 0 Å². The number of para-hydroxylation sites is 2. The first-order valence-corrected chi connectivity index (χ1v) is 7.93. The van der Waals surface area contributed by atoms with Crippen LogP contribution in [0.5, 0.6) is 0 Å². The van der Waals surface area contributed by atoms with Crippen LogP contribution in [0.25, 0.3) is 0 Å². The van der Waals surface area contributed by atoms with Gasteiger partial charge < -0.3 is 22.1 Å². The first-order chi connectivity index (χ1) is 11.6. The van der Waals surface area contributed by atoms with Crippen molar-refractivity contribution in [1.29, 1.82) is 5.41 Å². The average Bonchev–Trinajstić information content (AvgIpc) is 2.51. The zero-order valence-electron chi connectivity index (χ0n) is 15.3. The van der Waals surface area contributed by atoms with Crippen molar-refractivity contribution in [2.24, 2.45) is 11.5 Å². The summed E-state index contributed by atoms with van der Waals surface area (Å²) in [7, 11) is 0. The van der Waals surface area contributed by atoms with Gasteiger partial charge in [0.2, 0.25) is 5.91 Å². The monoisotopic (exact) mass is 341 g/mol. The number of guanidine groups is 1. The Balaban J connectivity index is 0.000000293. The Kier molecular flexibility index (Phi) is 6.99. The van der Waals surface area contributed by atoms with Gasteiger partial charge in [-0.1, -0.05) is 36.4 Å². The van der Waals surface area contributed by atoms with Gasteiger partial charge in [0.25, 0.3) is 0 Å². The molecule has 0 bridgehead atoms. The molecule has 0 saturated carbocycles. The van der Waals surface area contributed by atoms with Crippen molar-refractivity contribution in [3.05, 3.63) is 58.7 Å². The Morgan fingerprint density at radius 3 is 1.64 bits per heavy atom. The van der Waals surface area contributed by atoms with Crippen LogP contribution in [-0.4, -0.2) is 18.4 Å². The summed E-state index contributed by atoms with van der Waals surface area (Å²) in [5, 5.41) is 7.47. The minimum absolute atomic E-state index is 0.0823. The summed E-state index contributed by atoms with van der Waals surface area (Å²) >= 11 is 0. The second-order valence-corrected chi connectivity index (χ2v) is 5.98. The number of rotatable bonds is 3. The zero-order chi connectivity index (χ0) is 19.1. The Labute approximate surface area is 149 Å². The fourth-order valence-corrected chi connectivity index (χ4v) is 2.50. The lowest BCUT2D eigenvalue weighted by atomic mass is 10.1. The highest BCUT2D eigenvalue weighted by molar-refractivity contribution is 5.99. The van der Waals surface area contributed by atoms with Gasteiger partial charge in [-0.25, -0.2) is 0 Å². The summed E-state index contributed by atoms with van der Waals surface area (Å²) in [4.78, 5) is 12.3. The number of aryl methyl sites for hydroxylation is 4. The second kappa shape index (κ2) is 8.73. The molecule has 0 spiro atoms. The molecule has 25 heavy (non-hydrogen) atoms. The maximum atomic E-state index is 10.9. The molecule has 2 rings (SSSR count). The lowest BCUT2D eigenvalue weighted by Crippen LogP contribution is -2.43. The van der Waals surface area contributed by atoms with Crippen molar-refractivity contribution in [1.82, 2.24) is 0 Å². The van der Waals surface area contributed by atoms with Gasteiger partial charge >= 0.3 is 0 Å². The number of nitrogens with one attached hydrogen (secondary N) is 1. The van der Waals surface area contributed by atoms with Gasteiger partial charge in [-0.05, 0) is 49.9 Å². The minimum Gasteiger partial charge on any atom is -0.398 e. The molecule has 6 nitrogen and oxygen atoms in total. The van der Waals surface area contributed by atoms with Crippen LogP contribution in [0.3, 0.4) is 0 Å². The number of amides is 1. The van der Waals surface area contributed by atoms with E-state index in [-0.39, 0.29) is 12.5 Å². The van der Waals surface area contributed by atoms with E-state index >= 15 is 0 Å². The maximum Gasteiger partial charge on any atom is 0.237 e. The van der Waals surface area contributed by atoms with Crippen molar-refractivity contribution < 1.29 is 4.79 Å². The summed E-state index contributed by atoms with van der Waals surface area (Å²) in [5.74, 6) is -0.700. The van der Waals surface area contributed by atoms with Crippen molar-refractivity contribution >= 4 is 23.2 Å². The van der Waals surface area contributed by atoms with Crippen molar-refractivity contribution in [3.63, 3.8) is 0 Å². The standard InChI is InChI=1S/C11H16N4O.C8H11N/c1-7-4-3-5-8(2)10(7)15(11(13)14)6-9(12)16;1-6-4-3-5-7(2)8(6)9/h3-5H,6H2,1-2H3,(H2,12,16)(H3,13,14);3-5H,9H2,1-2H3. The fourth-order valence-electron chi connectivity index (χ4n) is 2.50. The molecule has 0 aliphatic heterocycles. The third-order valence-corrected chi connectivity index (χ3v) is 3.86. The first kappa shape index (κ1) is 20.0. The number of hydrogen-bond donors (Lipinski definition) is 4. The lowest BCUT2D eigenvalue weighted by molar-refractivity contribution is -0.116. The van der Waals surface area contributed by atoms with E-state index in [1.165, 1.54) is 4.90 Å². The molecule has 7 N–H and O–H groups in total. The van der Waals surface area contributed by atoms with E-state index in [1.54, 1.807) is 0 Å². The number of nitrogens with two attached hydrogens (primary N) is 3. The number of benzene rings is 2. The molecule has 0 aliphatic rings. The van der Waals surface area contributed by atoms with Gasteiger partial charge in [-0.15, -0.1) is 0 Å². The predicted molar refractivity (Wildman–Crippen MR) is 105 cm³/mol. The van der Waals surface area contributed by atoms with E-state index < -0.39 is 5.91 Å². The SMILES string of the molecule is Cc1cccc(C)c1N.Cc1cccc(C)c1N(CC(N)=O)C(=N)N. The summed E-state index contributed by atoms with van der Waals surface area (Å²) in [5.41, 5.74) is 22.2. The molecular weight excluding hydrogens is 314 g/mol. The van der Waals surface area contributed by atoms with Crippen LogP contribution in [0.15, 0.2) is 36.4 Å². The summed E-state index contributed by atoms with van der Waals surface area (Å²) in [6, 6.07) is 11.8. The molecule has 2 aromatic rings. The van der Waals surface area contributed by atoms with Crippen molar-refractivity contribution in [2.45, 2.75) is 27.7 Å². The lowest BCUT2D eigenvalue weighted by Gasteiger charge is -2.24. The second-order valence-electron chi connectivity index (χ2n) is 5.98. The van der Waals surface area contributed by atoms with Gasteiger partial charge in [0.1, 0.15) is 6.54 Å². The van der Waals surface area contributed by atoms with Crippen LogP contribution < -0.4 is 22.1 Å². The zero-order valence-corrected chi connectivity index (χ0v) is 15.3. The Bertz CT molecular complexity index is 730. The molecule has 0 aliphatic carbocycles. The highest BCUT2D eigenvalue weighted by Gasteiger charge is 2.16. The molecular formula is C19H27N5O. The fraction of sp³-hybridized carbons (Fsp3) is 0.263. The number of hydrogen-bond acceptors (Lipinski definition) is 3. The number of nitrogens with zero attached hydrogens (tertiary/aromatic N) is 1. The van der Waals surface area contributed by atoms with Gasteiger partial charge in [0, 0.05) is 5.69 Å². The molecule has 1 amide bonds. The third kappa shape index (κ3) is 5.53. The van der Waals surface area contributed by atoms with E-state index in [9.17, 15) is 4.79 Å². The maximum absolute atomic E-state index is 10.9. The summed E-state index contributed by atoms with van der Waals surface area (Å²) in [6.45, 7) is 7.75. The van der Waals surface area contributed by atoms with E-state index in [4.69, 9.17) is 22.6 Å². The summed E-state index contributed by atoms with van der Waals surface area (Å²) in [6.07, 6.45) is 0.